The summed E-state index contributed by atoms with van der Waals surface area (Å²) in [6.45, 7) is 1.73. The Morgan fingerprint density at radius 3 is 2.57 bits per heavy atom. The summed E-state index contributed by atoms with van der Waals surface area (Å²) in [6, 6.07) is 4.85. The quantitative estimate of drug-likeness (QED) is 0.760. The first-order valence-corrected chi connectivity index (χ1v) is 4.11. The van der Waals surface area contributed by atoms with Crippen LogP contribution < -0.4 is 4.74 Å². The van der Waals surface area contributed by atoms with Crippen molar-refractivity contribution in [2.75, 3.05) is 7.11 Å². The van der Waals surface area contributed by atoms with E-state index in [0.29, 0.717) is 16.9 Å². The number of aliphatic hydroxyl groups excluding tert-OH is 1. The first-order chi connectivity index (χ1) is 6.56. The Morgan fingerprint density at radius 2 is 2.14 bits per heavy atom. The Labute approximate surface area is 81.8 Å². The van der Waals surface area contributed by atoms with E-state index in [1.807, 2.05) is 0 Å². The van der Waals surface area contributed by atoms with Gasteiger partial charge < -0.3 is 14.9 Å². The maximum absolute atomic E-state index is 10.5. The monoisotopic (exact) mass is 196 g/mol. The second kappa shape index (κ2) is 4.11. The highest BCUT2D eigenvalue weighted by molar-refractivity contribution is 5.74. The van der Waals surface area contributed by atoms with E-state index in [4.69, 9.17) is 9.84 Å². The van der Waals surface area contributed by atoms with E-state index >= 15 is 0 Å². The van der Waals surface area contributed by atoms with Crippen molar-refractivity contribution in [1.29, 1.82) is 0 Å². The number of benzene rings is 1. The average molecular weight is 196 g/mol. The lowest BCUT2D eigenvalue weighted by atomic mass is 10.0. The Bertz CT molecular complexity index is 346. The minimum absolute atomic E-state index is 0.387. The van der Waals surface area contributed by atoms with Gasteiger partial charge >= 0.3 is 5.97 Å². The summed E-state index contributed by atoms with van der Waals surface area (Å²) < 4.78 is 4.96. The van der Waals surface area contributed by atoms with Gasteiger partial charge in [-0.05, 0) is 30.2 Å². The van der Waals surface area contributed by atoms with Crippen LogP contribution >= 0.6 is 0 Å². The van der Waals surface area contributed by atoms with Gasteiger partial charge in [0.05, 0.1) is 7.11 Å². The molecule has 0 spiro atoms. The van der Waals surface area contributed by atoms with Gasteiger partial charge in [-0.1, -0.05) is 6.07 Å². The fraction of sp³-hybridized carbons (Fsp3) is 0.300. The molecular weight excluding hydrogens is 184 g/mol. The van der Waals surface area contributed by atoms with Crippen LogP contribution in [0.25, 0.3) is 0 Å². The Kier molecular flexibility index (Phi) is 3.09. The topological polar surface area (TPSA) is 66.8 Å². The van der Waals surface area contributed by atoms with Gasteiger partial charge in [-0.15, -0.1) is 0 Å². The van der Waals surface area contributed by atoms with Gasteiger partial charge in [0.15, 0.2) is 6.10 Å². The summed E-state index contributed by atoms with van der Waals surface area (Å²) in [5.74, 6) is -0.609. The predicted octanol–water partition coefficient (Wildman–Crippen LogP) is 1.12. The van der Waals surface area contributed by atoms with E-state index < -0.39 is 12.1 Å². The molecule has 0 aromatic heterocycles. The summed E-state index contributed by atoms with van der Waals surface area (Å²) in [4.78, 5) is 10.5. The number of hydrogen-bond donors (Lipinski definition) is 2. The third kappa shape index (κ3) is 2.03. The number of carboxylic acid groups (broad SMARTS) is 1. The summed E-state index contributed by atoms with van der Waals surface area (Å²) in [5.41, 5.74) is 1.08. The highest BCUT2D eigenvalue weighted by Gasteiger charge is 2.17. The molecular formula is C10H12O4. The highest BCUT2D eigenvalue weighted by Crippen LogP contribution is 2.22. The number of aliphatic hydroxyl groups is 1. The zero-order valence-electron chi connectivity index (χ0n) is 8.02. The third-order valence-corrected chi connectivity index (χ3v) is 2.01. The minimum Gasteiger partial charge on any atom is -0.497 e. The lowest BCUT2D eigenvalue weighted by molar-refractivity contribution is -0.147. The fourth-order valence-electron chi connectivity index (χ4n) is 1.21. The Morgan fingerprint density at radius 1 is 1.50 bits per heavy atom. The van der Waals surface area contributed by atoms with Crippen molar-refractivity contribution in [1.82, 2.24) is 0 Å². The van der Waals surface area contributed by atoms with Gasteiger partial charge in [-0.3, -0.25) is 0 Å². The van der Waals surface area contributed by atoms with Gasteiger partial charge in [0.2, 0.25) is 0 Å². The summed E-state index contributed by atoms with van der Waals surface area (Å²) in [5, 5.41) is 17.9. The van der Waals surface area contributed by atoms with Gasteiger partial charge in [0, 0.05) is 0 Å². The zero-order chi connectivity index (χ0) is 10.7. The summed E-state index contributed by atoms with van der Waals surface area (Å²) in [6.07, 6.45) is -1.47. The van der Waals surface area contributed by atoms with E-state index in [1.54, 1.807) is 25.1 Å². The number of hydrogen-bond acceptors (Lipinski definition) is 3. The second-order valence-electron chi connectivity index (χ2n) is 2.96. The molecule has 0 aliphatic rings. The molecule has 1 atom stereocenters. The van der Waals surface area contributed by atoms with Crippen molar-refractivity contribution in [3.63, 3.8) is 0 Å². The van der Waals surface area contributed by atoms with E-state index in [9.17, 15) is 9.90 Å². The lowest BCUT2D eigenvalue weighted by Gasteiger charge is -2.10. The van der Waals surface area contributed by atoms with Crippen LogP contribution in [0.1, 0.15) is 17.2 Å². The van der Waals surface area contributed by atoms with Crippen molar-refractivity contribution in [3.8, 4) is 5.75 Å². The van der Waals surface area contributed by atoms with E-state index in [0.717, 1.165) is 0 Å². The molecule has 0 heterocycles. The van der Waals surface area contributed by atoms with Crippen LogP contribution in [0.2, 0.25) is 0 Å². The predicted molar refractivity (Wildman–Crippen MR) is 50.3 cm³/mol. The molecule has 1 rings (SSSR count). The van der Waals surface area contributed by atoms with Gasteiger partial charge in [0.1, 0.15) is 5.75 Å². The van der Waals surface area contributed by atoms with Gasteiger partial charge in [-0.25, -0.2) is 4.79 Å². The van der Waals surface area contributed by atoms with Crippen molar-refractivity contribution in [3.05, 3.63) is 29.3 Å². The zero-order valence-corrected chi connectivity index (χ0v) is 8.02. The SMILES string of the molecule is COc1ccc(C(O)C(=O)O)c(C)c1. The molecule has 2 N–H and O–H groups in total. The number of carbonyl (C=O) groups is 1. The normalized spacial score (nSPS) is 12.2. The molecule has 0 aliphatic carbocycles. The molecule has 0 fully saturated rings. The molecule has 1 aromatic carbocycles. The van der Waals surface area contributed by atoms with Crippen molar-refractivity contribution in [2.24, 2.45) is 0 Å². The molecule has 1 aromatic rings. The number of aryl methyl sites for hydroxylation is 1. The molecule has 0 bridgehead atoms. The molecule has 0 radical (unpaired) electrons. The van der Waals surface area contributed by atoms with E-state index in [1.165, 1.54) is 7.11 Å². The van der Waals surface area contributed by atoms with Crippen LogP contribution in [0.3, 0.4) is 0 Å². The number of aliphatic carboxylic acids is 1. The van der Waals surface area contributed by atoms with Crippen molar-refractivity contribution >= 4 is 5.97 Å². The van der Waals surface area contributed by atoms with Crippen LogP contribution in [0.4, 0.5) is 0 Å². The standard InChI is InChI=1S/C10H12O4/c1-6-5-7(14-2)3-4-8(6)9(11)10(12)13/h3-5,9,11H,1-2H3,(H,12,13). The van der Waals surface area contributed by atoms with E-state index in [-0.39, 0.29) is 0 Å². The van der Waals surface area contributed by atoms with Gasteiger partial charge in [0.25, 0.3) is 0 Å². The minimum atomic E-state index is -1.47. The Balaban J connectivity index is 3.05. The summed E-state index contributed by atoms with van der Waals surface area (Å²) in [7, 11) is 1.53. The van der Waals surface area contributed by atoms with Crippen LogP contribution in [0, 0.1) is 6.92 Å². The maximum atomic E-state index is 10.5. The van der Waals surface area contributed by atoms with Crippen LogP contribution in [-0.2, 0) is 4.79 Å². The van der Waals surface area contributed by atoms with Crippen LogP contribution in [-0.4, -0.2) is 23.3 Å². The number of ether oxygens (including phenoxy) is 1. The molecule has 4 heteroatoms. The smallest absolute Gasteiger partial charge is 0.337 e. The molecule has 76 valence electrons. The van der Waals surface area contributed by atoms with Crippen molar-refractivity contribution < 1.29 is 19.7 Å². The molecule has 0 saturated heterocycles. The highest BCUT2D eigenvalue weighted by atomic mass is 16.5. The first-order valence-electron chi connectivity index (χ1n) is 4.11. The van der Waals surface area contributed by atoms with Gasteiger partial charge in [-0.2, -0.15) is 0 Å². The largest absolute Gasteiger partial charge is 0.497 e. The maximum Gasteiger partial charge on any atom is 0.337 e. The molecule has 0 saturated carbocycles. The summed E-state index contributed by atoms with van der Waals surface area (Å²) >= 11 is 0. The second-order valence-corrected chi connectivity index (χ2v) is 2.96. The lowest BCUT2D eigenvalue weighted by Crippen LogP contribution is -2.11. The average Bonchev–Trinajstić information content (AvgIpc) is 2.16. The van der Waals surface area contributed by atoms with Crippen molar-refractivity contribution in [2.45, 2.75) is 13.0 Å². The molecule has 4 nitrogen and oxygen atoms in total. The Hall–Kier alpha value is -1.55. The number of methoxy groups -OCH3 is 1. The van der Waals surface area contributed by atoms with E-state index in [2.05, 4.69) is 0 Å². The molecule has 1 unspecified atom stereocenters. The first kappa shape index (κ1) is 10.5. The third-order valence-electron chi connectivity index (χ3n) is 2.01. The fourth-order valence-corrected chi connectivity index (χ4v) is 1.21. The number of rotatable bonds is 3. The molecule has 0 aliphatic heterocycles. The van der Waals surface area contributed by atoms with Crippen LogP contribution in [0.15, 0.2) is 18.2 Å². The molecule has 14 heavy (non-hydrogen) atoms. The number of carboxylic acids is 1. The molecule has 0 amide bonds. The van der Waals surface area contributed by atoms with Crippen LogP contribution in [0.5, 0.6) is 5.75 Å².